The van der Waals surface area contributed by atoms with Gasteiger partial charge >= 0.3 is 0 Å². The minimum absolute atomic E-state index is 0.565. The van der Waals surface area contributed by atoms with Crippen molar-refractivity contribution >= 4 is 29.6 Å². The zero-order valence-corrected chi connectivity index (χ0v) is 14.5. The highest BCUT2D eigenvalue weighted by molar-refractivity contribution is 5.91. The van der Waals surface area contributed by atoms with Gasteiger partial charge in [-0.1, -0.05) is 36.4 Å². The van der Waals surface area contributed by atoms with Crippen LogP contribution in [0.15, 0.2) is 59.6 Å². The van der Waals surface area contributed by atoms with Gasteiger partial charge in [0.25, 0.3) is 5.91 Å². The number of benzene rings is 2. The number of anilines is 1. The number of carbonyl (C=O) groups is 1. The maximum absolute atomic E-state index is 11.1. The van der Waals surface area contributed by atoms with Crippen LogP contribution < -0.4 is 10.4 Å². The van der Waals surface area contributed by atoms with Crippen LogP contribution in [0.5, 0.6) is 0 Å². The summed E-state index contributed by atoms with van der Waals surface area (Å²) in [4.78, 5) is 17.7. The summed E-state index contributed by atoms with van der Waals surface area (Å²) in [7, 11) is 3.93. The third-order valence-corrected chi connectivity index (χ3v) is 3.65. The highest BCUT2D eigenvalue weighted by Gasteiger charge is 2.04. The maximum atomic E-state index is 11.1. The van der Waals surface area contributed by atoms with Gasteiger partial charge in [-0.3, -0.25) is 15.0 Å². The molecule has 1 amide bonds. The smallest absolute Gasteiger partial charge is 0.267 e. The first kappa shape index (κ1) is 18.4. The quantitative estimate of drug-likeness (QED) is 0.351. The van der Waals surface area contributed by atoms with E-state index in [2.05, 4.69) is 17.1 Å². The molecule has 25 heavy (non-hydrogen) atoms. The minimum Gasteiger partial charge on any atom is -0.376 e. The average Bonchev–Trinajstić information content (AvgIpc) is 2.64. The predicted molar refractivity (Wildman–Crippen MR) is 103 cm³/mol. The maximum Gasteiger partial charge on any atom is 0.267 e. The third-order valence-electron chi connectivity index (χ3n) is 3.65. The molecule has 0 radical (unpaired) electrons. The number of aryl methyl sites for hydroxylation is 1. The molecule has 130 valence electrons. The Hall–Kier alpha value is -2.92. The molecule has 0 spiro atoms. The van der Waals surface area contributed by atoms with Gasteiger partial charge in [-0.05, 0) is 42.2 Å². The molecule has 0 aliphatic rings. The Morgan fingerprint density at radius 2 is 1.96 bits per heavy atom. The molecule has 2 aromatic carbocycles. The summed E-state index contributed by atoms with van der Waals surface area (Å²) in [6, 6.07) is 16.1. The second kappa shape index (κ2) is 9.39. The molecular formula is C20H23N3O2. The molecule has 0 atom stereocenters. The molecule has 0 aromatic heterocycles. The fourth-order valence-electron chi connectivity index (χ4n) is 2.37. The highest BCUT2D eigenvalue weighted by atomic mass is 16.5. The lowest BCUT2D eigenvalue weighted by Crippen LogP contribution is -2.14. The van der Waals surface area contributed by atoms with E-state index in [0.717, 1.165) is 29.8 Å². The molecule has 0 aliphatic heterocycles. The zero-order chi connectivity index (χ0) is 18.1. The molecular weight excluding hydrogens is 314 g/mol. The molecule has 0 heterocycles. The van der Waals surface area contributed by atoms with Crippen LogP contribution in [0.4, 0.5) is 11.4 Å². The SMILES string of the molecule is CN(C)c1ccc(/C=C/C(=O)NO)cc1N=CCCc1ccccc1. The highest BCUT2D eigenvalue weighted by Crippen LogP contribution is 2.28. The van der Waals surface area contributed by atoms with E-state index in [1.54, 1.807) is 11.6 Å². The van der Waals surface area contributed by atoms with Crippen molar-refractivity contribution in [2.75, 3.05) is 19.0 Å². The second-order valence-electron chi connectivity index (χ2n) is 5.79. The van der Waals surface area contributed by atoms with Crippen molar-refractivity contribution in [3.63, 3.8) is 0 Å². The Morgan fingerprint density at radius 1 is 1.20 bits per heavy atom. The Bertz CT molecular complexity index is 753. The number of hydrogen-bond acceptors (Lipinski definition) is 4. The van der Waals surface area contributed by atoms with Crippen LogP contribution in [0.25, 0.3) is 6.08 Å². The van der Waals surface area contributed by atoms with Gasteiger partial charge in [-0.25, -0.2) is 5.48 Å². The first-order valence-electron chi connectivity index (χ1n) is 8.10. The summed E-state index contributed by atoms with van der Waals surface area (Å²) >= 11 is 0. The lowest BCUT2D eigenvalue weighted by molar-refractivity contribution is -0.124. The summed E-state index contributed by atoms with van der Waals surface area (Å²) in [6.45, 7) is 0. The predicted octanol–water partition coefficient (Wildman–Crippen LogP) is 3.61. The average molecular weight is 337 g/mol. The van der Waals surface area contributed by atoms with Gasteiger partial charge in [0.1, 0.15) is 0 Å². The lowest BCUT2D eigenvalue weighted by Gasteiger charge is -2.15. The third kappa shape index (κ3) is 5.90. The van der Waals surface area contributed by atoms with Crippen molar-refractivity contribution in [3.8, 4) is 0 Å². The van der Waals surface area contributed by atoms with Crippen molar-refractivity contribution in [1.29, 1.82) is 0 Å². The van der Waals surface area contributed by atoms with E-state index in [1.165, 1.54) is 11.6 Å². The molecule has 2 rings (SSSR count). The number of aliphatic imine (C=N–C) groups is 1. The Morgan fingerprint density at radius 3 is 2.64 bits per heavy atom. The van der Waals surface area contributed by atoms with Gasteiger partial charge in [0.2, 0.25) is 0 Å². The van der Waals surface area contributed by atoms with Crippen molar-refractivity contribution in [2.24, 2.45) is 4.99 Å². The molecule has 5 nitrogen and oxygen atoms in total. The number of carbonyl (C=O) groups excluding carboxylic acids is 1. The van der Waals surface area contributed by atoms with Crippen LogP contribution in [-0.2, 0) is 11.2 Å². The number of amides is 1. The number of hydroxylamine groups is 1. The molecule has 0 saturated carbocycles. The van der Waals surface area contributed by atoms with Gasteiger partial charge in [0, 0.05) is 26.4 Å². The molecule has 2 N–H and O–H groups in total. The monoisotopic (exact) mass is 337 g/mol. The summed E-state index contributed by atoms with van der Waals surface area (Å²) < 4.78 is 0. The number of rotatable bonds is 7. The van der Waals surface area contributed by atoms with Crippen LogP contribution in [0.2, 0.25) is 0 Å². The van der Waals surface area contributed by atoms with Crippen molar-refractivity contribution < 1.29 is 10.0 Å². The summed E-state index contributed by atoms with van der Waals surface area (Å²) in [5.74, 6) is -0.565. The molecule has 0 bridgehead atoms. The van der Waals surface area contributed by atoms with Gasteiger partial charge in [0.05, 0.1) is 11.4 Å². The first-order valence-corrected chi connectivity index (χ1v) is 8.10. The van der Waals surface area contributed by atoms with Crippen LogP contribution in [-0.4, -0.2) is 31.4 Å². The summed E-state index contributed by atoms with van der Waals surface area (Å²) in [5.41, 5.74) is 5.53. The lowest BCUT2D eigenvalue weighted by atomic mass is 10.1. The summed E-state index contributed by atoms with van der Waals surface area (Å²) in [6.07, 6.45) is 6.62. The van der Waals surface area contributed by atoms with Crippen molar-refractivity contribution in [3.05, 3.63) is 65.7 Å². The van der Waals surface area contributed by atoms with Gasteiger partial charge in [-0.2, -0.15) is 0 Å². The zero-order valence-electron chi connectivity index (χ0n) is 14.5. The molecule has 0 aliphatic carbocycles. The number of hydrogen-bond donors (Lipinski definition) is 2. The molecule has 5 heteroatoms. The van der Waals surface area contributed by atoms with Crippen LogP contribution in [0.3, 0.4) is 0 Å². The Balaban J connectivity index is 2.11. The summed E-state index contributed by atoms with van der Waals surface area (Å²) in [5, 5.41) is 8.54. The minimum atomic E-state index is -0.565. The second-order valence-corrected chi connectivity index (χ2v) is 5.79. The molecule has 0 fully saturated rings. The van der Waals surface area contributed by atoms with E-state index >= 15 is 0 Å². The van der Waals surface area contributed by atoms with Crippen molar-refractivity contribution in [2.45, 2.75) is 12.8 Å². The van der Waals surface area contributed by atoms with E-state index in [9.17, 15) is 4.79 Å². The van der Waals surface area contributed by atoms with E-state index < -0.39 is 5.91 Å². The standard InChI is InChI=1S/C20H23N3O2/c1-23(2)19-12-10-17(11-13-20(24)22-25)15-18(19)21-14-6-9-16-7-4-3-5-8-16/h3-5,7-8,10-15,25H,6,9H2,1-2H3,(H,22,24)/b13-11+,21-14?. The largest absolute Gasteiger partial charge is 0.376 e. The fourth-order valence-corrected chi connectivity index (χ4v) is 2.37. The Labute approximate surface area is 148 Å². The Kier molecular flexibility index (Phi) is 6.92. The molecule has 0 saturated heterocycles. The van der Waals surface area contributed by atoms with Crippen LogP contribution >= 0.6 is 0 Å². The normalized spacial score (nSPS) is 11.2. The van der Waals surface area contributed by atoms with Crippen LogP contribution in [0, 0.1) is 0 Å². The topological polar surface area (TPSA) is 64.9 Å². The molecule has 2 aromatic rings. The first-order chi connectivity index (χ1) is 12.1. The van der Waals surface area contributed by atoms with E-state index in [4.69, 9.17) is 5.21 Å². The van der Waals surface area contributed by atoms with E-state index in [-0.39, 0.29) is 0 Å². The van der Waals surface area contributed by atoms with Gasteiger partial charge < -0.3 is 4.90 Å². The molecule has 0 unspecified atom stereocenters. The number of nitrogens with one attached hydrogen (secondary N) is 1. The van der Waals surface area contributed by atoms with E-state index in [1.807, 2.05) is 61.6 Å². The van der Waals surface area contributed by atoms with Crippen LogP contribution in [0.1, 0.15) is 17.5 Å². The van der Waals surface area contributed by atoms with E-state index in [0.29, 0.717) is 0 Å². The van der Waals surface area contributed by atoms with Gasteiger partial charge in [0.15, 0.2) is 0 Å². The van der Waals surface area contributed by atoms with Crippen molar-refractivity contribution in [1.82, 2.24) is 5.48 Å². The number of nitrogens with zero attached hydrogens (tertiary/aromatic N) is 2. The fraction of sp³-hybridized carbons (Fsp3) is 0.200. The van der Waals surface area contributed by atoms with Gasteiger partial charge in [-0.15, -0.1) is 0 Å².